The molecule has 0 saturated carbocycles. The molecular weight excluding hydrogens is 334 g/mol. The summed E-state index contributed by atoms with van der Waals surface area (Å²) in [5.74, 6) is -0.205. The topological polar surface area (TPSA) is 83.1 Å². The van der Waals surface area contributed by atoms with Crippen molar-refractivity contribution in [2.45, 2.75) is 6.42 Å². The molecule has 3 rings (SSSR count). The van der Waals surface area contributed by atoms with E-state index < -0.39 is 0 Å². The molecule has 136 valence electrons. The highest BCUT2D eigenvalue weighted by atomic mass is 16.5. The highest BCUT2D eigenvalue weighted by molar-refractivity contribution is 5.82. The zero-order chi connectivity index (χ0) is 18.7. The Balaban J connectivity index is 2.08. The Morgan fingerprint density at radius 3 is 2.58 bits per heavy atom. The standard InChI is InChI=1S/C20H21NO5/c1-21(2)10-5-11-25-20-18(24)14-6-3-4-7-17(14)26-19(20)13-8-9-15(22)16(23)12-13/h3-4,6-9,12,22-23H,5,10-11H2,1-2H3. The number of rotatable bonds is 6. The summed E-state index contributed by atoms with van der Waals surface area (Å²) in [5, 5.41) is 19.8. The van der Waals surface area contributed by atoms with Crippen molar-refractivity contribution < 1.29 is 19.4 Å². The van der Waals surface area contributed by atoms with Crippen LogP contribution >= 0.6 is 0 Å². The van der Waals surface area contributed by atoms with Crippen molar-refractivity contribution in [1.82, 2.24) is 4.90 Å². The first-order chi connectivity index (χ1) is 12.5. The molecule has 0 fully saturated rings. The monoisotopic (exact) mass is 355 g/mol. The van der Waals surface area contributed by atoms with E-state index in [1.807, 2.05) is 19.0 Å². The van der Waals surface area contributed by atoms with Gasteiger partial charge < -0.3 is 24.3 Å². The minimum atomic E-state index is -0.295. The first-order valence-corrected chi connectivity index (χ1v) is 8.33. The maximum atomic E-state index is 12.9. The third kappa shape index (κ3) is 3.65. The number of hydrogen-bond acceptors (Lipinski definition) is 6. The molecule has 1 heterocycles. The maximum Gasteiger partial charge on any atom is 0.235 e. The fourth-order valence-electron chi connectivity index (χ4n) is 2.67. The van der Waals surface area contributed by atoms with E-state index in [2.05, 4.69) is 0 Å². The van der Waals surface area contributed by atoms with Gasteiger partial charge in [0.15, 0.2) is 17.3 Å². The van der Waals surface area contributed by atoms with Crippen molar-refractivity contribution in [3.63, 3.8) is 0 Å². The summed E-state index contributed by atoms with van der Waals surface area (Å²) < 4.78 is 11.7. The minimum absolute atomic E-state index is 0.104. The van der Waals surface area contributed by atoms with Crippen LogP contribution in [-0.2, 0) is 0 Å². The van der Waals surface area contributed by atoms with Crippen LogP contribution in [0.15, 0.2) is 51.7 Å². The molecule has 1 aromatic heterocycles. The van der Waals surface area contributed by atoms with Crippen LogP contribution in [0.5, 0.6) is 17.2 Å². The van der Waals surface area contributed by atoms with Crippen molar-refractivity contribution >= 4 is 11.0 Å². The number of para-hydroxylation sites is 1. The van der Waals surface area contributed by atoms with Gasteiger partial charge in [-0.1, -0.05) is 12.1 Å². The van der Waals surface area contributed by atoms with E-state index in [1.54, 1.807) is 30.3 Å². The molecule has 0 amide bonds. The number of fused-ring (bicyclic) bond motifs is 1. The zero-order valence-electron chi connectivity index (χ0n) is 14.7. The molecule has 0 aliphatic rings. The first-order valence-electron chi connectivity index (χ1n) is 8.33. The van der Waals surface area contributed by atoms with Crippen LogP contribution in [0.1, 0.15) is 6.42 Å². The van der Waals surface area contributed by atoms with E-state index in [9.17, 15) is 15.0 Å². The molecule has 0 saturated heterocycles. The number of phenols is 2. The van der Waals surface area contributed by atoms with Crippen LogP contribution in [0.25, 0.3) is 22.3 Å². The van der Waals surface area contributed by atoms with Gasteiger partial charge in [-0.2, -0.15) is 0 Å². The molecule has 2 aromatic carbocycles. The van der Waals surface area contributed by atoms with Gasteiger partial charge in [-0.05, 0) is 50.8 Å². The first kappa shape index (κ1) is 17.8. The van der Waals surface area contributed by atoms with Crippen LogP contribution in [0.2, 0.25) is 0 Å². The van der Waals surface area contributed by atoms with Gasteiger partial charge in [0, 0.05) is 12.1 Å². The average molecular weight is 355 g/mol. The second-order valence-electron chi connectivity index (χ2n) is 6.29. The van der Waals surface area contributed by atoms with E-state index in [-0.39, 0.29) is 28.4 Å². The van der Waals surface area contributed by atoms with Crippen LogP contribution in [0.3, 0.4) is 0 Å². The second kappa shape index (κ2) is 7.49. The summed E-state index contributed by atoms with van der Waals surface area (Å²) >= 11 is 0. The lowest BCUT2D eigenvalue weighted by Crippen LogP contribution is -2.17. The molecule has 0 spiro atoms. The van der Waals surface area contributed by atoms with Crippen molar-refractivity contribution in [2.24, 2.45) is 0 Å². The molecule has 6 nitrogen and oxygen atoms in total. The van der Waals surface area contributed by atoms with E-state index in [1.165, 1.54) is 12.1 Å². The largest absolute Gasteiger partial charge is 0.504 e. The Morgan fingerprint density at radius 1 is 1.08 bits per heavy atom. The van der Waals surface area contributed by atoms with E-state index >= 15 is 0 Å². The van der Waals surface area contributed by atoms with Gasteiger partial charge in [-0.3, -0.25) is 4.79 Å². The summed E-state index contributed by atoms with van der Waals surface area (Å²) in [4.78, 5) is 14.9. The summed E-state index contributed by atoms with van der Waals surface area (Å²) in [5.41, 5.74) is 0.616. The summed E-state index contributed by atoms with van der Waals surface area (Å²) in [6.07, 6.45) is 0.750. The molecular formula is C20H21NO5. The predicted molar refractivity (Wildman–Crippen MR) is 99.9 cm³/mol. The molecule has 0 radical (unpaired) electrons. The zero-order valence-corrected chi connectivity index (χ0v) is 14.7. The number of benzene rings is 2. The fraction of sp³-hybridized carbons (Fsp3) is 0.250. The Labute approximate surface area is 150 Å². The fourth-order valence-corrected chi connectivity index (χ4v) is 2.67. The minimum Gasteiger partial charge on any atom is -0.504 e. The number of ether oxygens (including phenoxy) is 1. The third-order valence-electron chi connectivity index (χ3n) is 3.99. The van der Waals surface area contributed by atoms with Crippen LogP contribution < -0.4 is 10.2 Å². The Morgan fingerprint density at radius 2 is 1.85 bits per heavy atom. The number of hydrogen-bond donors (Lipinski definition) is 2. The van der Waals surface area contributed by atoms with Crippen LogP contribution in [0, 0.1) is 0 Å². The third-order valence-corrected chi connectivity index (χ3v) is 3.99. The Hall–Kier alpha value is -2.99. The smallest absolute Gasteiger partial charge is 0.235 e. The van der Waals surface area contributed by atoms with Gasteiger partial charge in [0.25, 0.3) is 0 Å². The molecule has 3 aromatic rings. The highest BCUT2D eigenvalue weighted by Gasteiger charge is 2.18. The van der Waals surface area contributed by atoms with Crippen LogP contribution in [0.4, 0.5) is 0 Å². The SMILES string of the molecule is CN(C)CCCOc1c(-c2ccc(O)c(O)c2)oc2ccccc2c1=O. The van der Waals surface area contributed by atoms with E-state index in [4.69, 9.17) is 9.15 Å². The molecule has 2 N–H and O–H groups in total. The Bertz CT molecular complexity index is 978. The lowest BCUT2D eigenvalue weighted by Gasteiger charge is -2.13. The van der Waals surface area contributed by atoms with E-state index in [0.29, 0.717) is 23.1 Å². The van der Waals surface area contributed by atoms with Gasteiger partial charge in [0.05, 0.1) is 12.0 Å². The molecule has 0 unspecified atom stereocenters. The van der Waals surface area contributed by atoms with Crippen molar-refractivity contribution in [2.75, 3.05) is 27.2 Å². The predicted octanol–water partition coefficient (Wildman–Crippen LogP) is 3.20. The van der Waals surface area contributed by atoms with Gasteiger partial charge in [0.2, 0.25) is 11.2 Å². The van der Waals surface area contributed by atoms with Crippen molar-refractivity contribution in [3.8, 4) is 28.6 Å². The molecule has 0 aliphatic heterocycles. The summed E-state index contributed by atoms with van der Waals surface area (Å²) in [6.45, 7) is 1.19. The summed E-state index contributed by atoms with van der Waals surface area (Å²) in [7, 11) is 3.93. The molecule has 0 aliphatic carbocycles. The van der Waals surface area contributed by atoms with Gasteiger partial charge in [-0.25, -0.2) is 0 Å². The van der Waals surface area contributed by atoms with Crippen molar-refractivity contribution in [1.29, 1.82) is 0 Å². The molecule has 0 atom stereocenters. The molecule has 0 bridgehead atoms. The van der Waals surface area contributed by atoms with Crippen molar-refractivity contribution in [3.05, 3.63) is 52.7 Å². The normalized spacial score (nSPS) is 11.2. The lowest BCUT2D eigenvalue weighted by atomic mass is 10.1. The highest BCUT2D eigenvalue weighted by Crippen LogP contribution is 2.35. The number of phenolic OH excluding ortho intramolecular Hbond substituents is 2. The maximum absolute atomic E-state index is 12.9. The van der Waals surface area contributed by atoms with Gasteiger partial charge in [-0.15, -0.1) is 0 Å². The summed E-state index contributed by atoms with van der Waals surface area (Å²) in [6, 6.07) is 11.2. The lowest BCUT2D eigenvalue weighted by molar-refractivity contribution is 0.276. The molecule has 6 heteroatoms. The average Bonchev–Trinajstić information content (AvgIpc) is 2.62. The molecule has 26 heavy (non-hydrogen) atoms. The van der Waals surface area contributed by atoms with Gasteiger partial charge in [0.1, 0.15) is 5.58 Å². The number of aromatic hydroxyl groups is 2. The Kier molecular flexibility index (Phi) is 5.14. The van der Waals surface area contributed by atoms with E-state index in [0.717, 1.165) is 13.0 Å². The number of nitrogens with zero attached hydrogens (tertiary/aromatic N) is 1. The second-order valence-corrected chi connectivity index (χ2v) is 6.29. The quantitative estimate of drug-likeness (QED) is 0.522. The van der Waals surface area contributed by atoms with Gasteiger partial charge >= 0.3 is 0 Å². The van der Waals surface area contributed by atoms with Crippen LogP contribution in [-0.4, -0.2) is 42.4 Å².